The van der Waals surface area contributed by atoms with Gasteiger partial charge in [-0.25, -0.2) is 9.78 Å². The van der Waals surface area contributed by atoms with Crippen molar-refractivity contribution in [3.8, 4) is 0 Å². The Morgan fingerprint density at radius 2 is 2.00 bits per heavy atom. The molecule has 0 spiro atoms. The number of nitrogens with one attached hydrogen (secondary N) is 1. The lowest BCUT2D eigenvalue weighted by molar-refractivity contribution is -0.0586. The van der Waals surface area contributed by atoms with E-state index in [9.17, 15) is 14.4 Å². The normalized spacial score (nSPS) is 20.8. The molecule has 0 aromatic carbocycles. The monoisotopic (exact) mass is 346 g/mol. The van der Waals surface area contributed by atoms with Crippen molar-refractivity contribution >= 4 is 16.9 Å². The molecule has 1 saturated heterocycles. The molecule has 1 amide bonds. The summed E-state index contributed by atoms with van der Waals surface area (Å²) < 4.78 is 7.07. The third kappa shape index (κ3) is 3.34. The highest BCUT2D eigenvalue weighted by Gasteiger charge is 2.27. The third-order valence-electron chi connectivity index (χ3n) is 4.23. The van der Waals surface area contributed by atoms with Crippen LogP contribution in [0.15, 0.2) is 21.9 Å². The number of rotatable bonds is 3. The molecule has 25 heavy (non-hydrogen) atoms. The maximum absolute atomic E-state index is 12.8. The van der Waals surface area contributed by atoms with Crippen LogP contribution >= 0.6 is 0 Å². The van der Waals surface area contributed by atoms with Crippen LogP contribution in [0.25, 0.3) is 11.0 Å². The molecule has 8 nitrogen and oxygen atoms in total. The van der Waals surface area contributed by atoms with Crippen molar-refractivity contribution in [3.63, 3.8) is 0 Å². The molecule has 134 valence electrons. The van der Waals surface area contributed by atoms with E-state index in [1.807, 2.05) is 20.8 Å². The highest BCUT2D eigenvalue weighted by Crippen LogP contribution is 2.16. The third-order valence-corrected chi connectivity index (χ3v) is 4.23. The second-order valence-electron chi connectivity index (χ2n) is 6.47. The van der Waals surface area contributed by atoms with E-state index in [2.05, 4.69) is 9.97 Å². The average Bonchev–Trinajstić information content (AvgIpc) is 2.56. The van der Waals surface area contributed by atoms with E-state index in [1.54, 1.807) is 4.90 Å². The van der Waals surface area contributed by atoms with E-state index in [0.29, 0.717) is 30.8 Å². The van der Waals surface area contributed by atoms with Gasteiger partial charge in [-0.1, -0.05) is 6.92 Å². The summed E-state index contributed by atoms with van der Waals surface area (Å²) in [7, 11) is 0. The Hall–Kier alpha value is -2.48. The Bertz CT molecular complexity index is 907. The Labute approximate surface area is 144 Å². The molecule has 2 unspecified atom stereocenters. The quantitative estimate of drug-likeness (QED) is 0.884. The molecule has 2 aromatic rings. The van der Waals surface area contributed by atoms with Crippen molar-refractivity contribution in [2.75, 3.05) is 13.1 Å². The van der Waals surface area contributed by atoms with E-state index < -0.39 is 11.2 Å². The number of H-pyrrole nitrogens is 1. The number of aromatic amines is 1. The van der Waals surface area contributed by atoms with Crippen LogP contribution in [0.2, 0.25) is 0 Å². The van der Waals surface area contributed by atoms with Crippen LogP contribution in [0, 0.1) is 0 Å². The molecule has 1 fully saturated rings. The fraction of sp³-hybridized carbons (Fsp3) is 0.529. The number of pyridine rings is 1. The van der Waals surface area contributed by atoms with Crippen LogP contribution in [0.4, 0.5) is 0 Å². The summed E-state index contributed by atoms with van der Waals surface area (Å²) >= 11 is 0. The lowest BCUT2D eigenvalue weighted by atomic mass is 10.1. The standard InChI is InChI=1S/C17H22N4O4/c1-4-5-21-14-13(15(22)19-17(21)24)6-12(7-18-14)16(23)20-8-10(2)25-11(3)9-20/h6-7,10-11H,4-5,8-9H2,1-3H3,(H,19,22,24). The number of ether oxygens (including phenoxy) is 1. The van der Waals surface area contributed by atoms with Gasteiger partial charge in [0.25, 0.3) is 11.5 Å². The minimum absolute atomic E-state index is 0.0424. The van der Waals surface area contributed by atoms with E-state index in [4.69, 9.17) is 4.74 Å². The summed E-state index contributed by atoms with van der Waals surface area (Å²) in [5.74, 6) is -0.191. The van der Waals surface area contributed by atoms with Gasteiger partial charge in [-0.15, -0.1) is 0 Å². The molecule has 2 aromatic heterocycles. The summed E-state index contributed by atoms with van der Waals surface area (Å²) in [5.41, 5.74) is -0.378. The van der Waals surface area contributed by atoms with Gasteiger partial charge in [0.05, 0.1) is 23.2 Å². The highest BCUT2D eigenvalue weighted by atomic mass is 16.5. The number of carbonyl (C=O) groups excluding carboxylic acids is 1. The van der Waals surface area contributed by atoms with Gasteiger partial charge in [-0.2, -0.15) is 0 Å². The zero-order valence-corrected chi connectivity index (χ0v) is 14.6. The summed E-state index contributed by atoms with van der Waals surface area (Å²) in [6.45, 7) is 7.21. The summed E-state index contributed by atoms with van der Waals surface area (Å²) in [6.07, 6.45) is 2.08. The minimum Gasteiger partial charge on any atom is -0.372 e. The van der Waals surface area contributed by atoms with E-state index >= 15 is 0 Å². The van der Waals surface area contributed by atoms with Gasteiger partial charge in [0.15, 0.2) is 0 Å². The molecule has 2 atom stereocenters. The Balaban J connectivity index is 2.02. The van der Waals surface area contributed by atoms with Gasteiger partial charge in [-0.05, 0) is 26.3 Å². The Morgan fingerprint density at radius 3 is 2.64 bits per heavy atom. The molecule has 3 heterocycles. The van der Waals surface area contributed by atoms with Crippen LogP contribution in [0.3, 0.4) is 0 Å². The predicted octanol–water partition coefficient (Wildman–Crippen LogP) is 0.744. The molecule has 0 radical (unpaired) electrons. The van der Waals surface area contributed by atoms with Gasteiger partial charge in [0, 0.05) is 25.8 Å². The number of aromatic nitrogens is 3. The first-order valence-electron chi connectivity index (χ1n) is 8.48. The van der Waals surface area contributed by atoms with Crippen molar-refractivity contribution in [2.24, 2.45) is 0 Å². The Kier molecular flexibility index (Phi) is 4.71. The number of carbonyl (C=O) groups is 1. The molecule has 1 aliphatic heterocycles. The van der Waals surface area contributed by atoms with Crippen molar-refractivity contribution < 1.29 is 9.53 Å². The van der Waals surface area contributed by atoms with E-state index in [-0.39, 0.29) is 23.5 Å². The molecule has 0 bridgehead atoms. The number of morpholine rings is 1. The van der Waals surface area contributed by atoms with Gasteiger partial charge >= 0.3 is 5.69 Å². The van der Waals surface area contributed by atoms with Gasteiger partial charge < -0.3 is 9.64 Å². The Morgan fingerprint density at radius 1 is 1.32 bits per heavy atom. The second-order valence-corrected chi connectivity index (χ2v) is 6.47. The lowest BCUT2D eigenvalue weighted by Gasteiger charge is -2.35. The van der Waals surface area contributed by atoms with Crippen molar-refractivity contribution in [2.45, 2.75) is 45.9 Å². The molecule has 8 heteroatoms. The van der Waals surface area contributed by atoms with E-state index in [0.717, 1.165) is 6.42 Å². The molecule has 0 aliphatic carbocycles. The lowest BCUT2D eigenvalue weighted by Crippen LogP contribution is -2.48. The molecule has 0 saturated carbocycles. The van der Waals surface area contributed by atoms with E-state index in [1.165, 1.54) is 16.8 Å². The first kappa shape index (κ1) is 17.3. The minimum atomic E-state index is -0.529. The van der Waals surface area contributed by atoms with Crippen molar-refractivity contribution in [1.82, 2.24) is 19.4 Å². The molecular weight excluding hydrogens is 324 g/mol. The number of hydrogen-bond acceptors (Lipinski definition) is 5. The predicted molar refractivity (Wildman–Crippen MR) is 92.8 cm³/mol. The summed E-state index contributed by atoms with van der Waals surface area (Å²) in [6, 6.07) is 1.51. The van der Waals surface area contributed by atoms with Gasteiger partial charge in [-0.3, -0.25) is 19.1 Å². The molecule has 3 rings (SSSR count). The molecular formula is C17H22N4O4. The van der Waals surface area contributed by atoms with Gasteiger partial charge in [0.1, 0.15) is 5.65 Å². The second kappa shape index (κ2) is 6.79. The number of amides is 1. The topological polar surface area (TPSA) is 97.3 Å². The van der Waals surface area contributed by atoms with Crippen LogP contribution in [-0.4, -0.2) is 50.6 Å². The van der Waals surface area contributed by atoms with Crippen LogP contribution in [0.1, 0.15) is 37.6 Å². The first-order chi connectivity index (χ1) is 11.9. The zero-order valence-electron chi connectivity index (χ0n) is 14.6. The zero-order chi connectivity index (χ0) is 18.1. The highest BCUT2D eigenvalue weighted by molar-refractivity contribution is 5.96. The summed E-state index contributed by atoms with van der Waals surface area (Å²) in [4.78, 5) is 45.1. The fourth-order valence-electron chi connectivity index (χ4n) is 3.24. The van der Waals surface area contributed by atoms with Crippen LogP contribution < -0.4 is 11.2 Å². The smallest absolute Gasteiger partial charge is 0.329 e. The average molecular weight is 346 g/mol. The largest absolute Gasteiger partial charge is 0.372 e. The fourth-order valence-corrected chi connectivity index (χ4v) is 3.24. The maximum Gasteiger partial charge on any atom is 0.329 e. The number of aryl methyl sites for hydroxylation is 1. The molecule has 1 N–H and O–H groups in total. The van der Waals surface area contributed by atoms with Crippen LogP contribution in [-0.2, 0) is 11.3 Å². The number of hydrogen-bond donors (Lipinski definition) is 1. The van der Waals surface area contributed by atoms with Crippen molar-refractivity contribution in [1.29, 1.82) is 0 Å². The first-order valence-corrected chi connectivity index (χ1v) is 8.48. The SMILES string of the molecule is CCCn1c(=O)[nH]c(=O)c2cc(C(=O)N3CC(C)OC(C)C3)cnc21. The number of nitrogens with zero attached hydrogens (tertiary/aromatic N) is 3. The van der Waals surface area contributed by atoms with Crippen LogP contribution in [0.5, 0.6) is 0 Å². The summed E-state index contributed by atoms with van der Waals surface area (Å²) in [5, 5.41) is 0.244. The maximum atomic E-state index is 12.8. The molecule has 1 aliphatic rings. The number of fused-ring (bicyclic) bond motifs is 1. The van der Waals surface area contributed by atoms with Gasteiger partial charge in [0.2, 0.25) is 0 Å². The van der Waals surface area contributed by atoms with Crippen molar-refractivity contribution in [3.05, 3.63) is 38.7 Å².